The molecule has 0 saturated carbocycles. The van der Waals surface area contributed by atoms with Gasteiger partial charge in [0.1, 0.15) is 10.7 Å². The normalized spacial score (nSPS) is 12.5. The number of nitrogens with zero attached hydrogens (tertiary/aromatic N) is 2. The van der Waals surface area contributed by atoms with Gasteiger partial charge in [0.2, 0.25) is 5.91 Å². The molecule has 0 bridgehead atoms. The molecule has 2 aromatic heterocycles. The molecule has 6 nitrogen and oxygen atoms in total. The number of H-pyrrole nitrogens is 1. The summed E-state index contributed by atoms with van der Waals surface area (Å²) in [6.07, 6.45) is 3.11. The summed E-state index contributed by atoms with van der Waals surface area (Å²) in [6.45, 7) is 0. The number of amides is 1. The zero-order chi connectivity index (χ0) is 22.6. The zero-order valence-corrected chi connectivity index (χ0v) is 19.5. The van der Waals surface area contributed by atoms with Crippen molar-refractivity contribution in [2.75, 3.05) is 5.75 Å². The van der Waals surface area contributed by atoms with Crippen LogP contribution in [0.2, 0.25) is 0 Å². The molecule has 5 rings (SSSR count). The number of rotatable bonds is 7. The standard InChI is InChI=1S/C25H22N4O2S2/c30-21(28-29-23(16-8-3-1-4-9-16)17-10-5-2-6-11-17)15-32-14-20-26-24(31)22-18-12-7-13-19(18)33-25(22)27-20/h1-6,8-11H,7,12-15H2,(H,28,30)(H,26,27,31). The van der Waals surface area contributed by atoms with Crippen molar-refractivity contribution in [3.8, 4) is 0 Å². The first kappa shape index (κ1) is 21.6. The van der Waals surface area contributed by atoms with Crippen molar-refractivity contribution in [3.05, 3.63) is 98.4 Å². The van der Waals surface area contributed by atoms with Crippen molar-refractivity contribution in [1.29, 1.82) is 0 Å². The number of aryl methyl sites for hydroxylation is 2. The second-order valence-corrected chi connectivity index (χ2v) is 9.84. The third-order valence-electron chi connectivity index (χ3n) is 5.48. The quantitative estimate of drug-likeness (QED) is 0.309. The molecule has 2 heterocycles. The van der Waals surface area contributed by atoms with Crippen molar-refractivity contribution in [1.82, 2.24) is 15.4 Å². The molecule has 33 heavy (non-hydrogen) atoms. The van der Waals surface area contributed by atoms with E-state index in [1.807, 2.05) is 60.7 Å². The number of carbonyl (C=O) groups excluding carboxylic acids is 1. The maximum atomic E-state index is 12.6. The third kappa shape index (κ3) is 4.77. The van der Waals surface area contributed by atoms with Crippen LogP contribution < -0.4 is 11.0 Å². The fraction of sp³-hybridized carbons (Fsp3) is 0.200. The molecule has 0 saturated heterocycles. The van der Waals surface area contributed by atoms with Gasteiger partial charge in [-0.25, -0.2) is 10.4 Å². The lowest BCUT2D eigenvalue weighted by Crippen LogP contribution is -2.22. The summed E-state index contributed by atoms with van der Waals surface area (Å²) in [5.41, 5.74) is 6.33. The summed E-state index contributed by atoms with van der Waals surface area (Å²) < 4.78 is 0. The molecule has 8 heteroatoms. The summed E-state index contributed by atoms with van der Waals surface area (Å²) in [7, 11) is 0. The molecule has 0 unspecified atom stereocenters. The van der Waals surface area contributed by atoms with Crippen LogP contribution in [-0.4, -0.2) is 27.3 Å². The molecule has 0 radical (unpaired) electrons. The molecular formula is C25H22N4O2S2. The Bertz CT molecular complexity index is 1340. The van der Waals surface area contributed by atoms with Gasteiger partial charge < -0.3 is 4.98 Å². The largest absolute Gasteiger partial charge is 0.309 e. The van der Waals surface area contributed by atoms with Crippen LogP contribution in [0.1, 0.15) is 33.8 Å². The summed E-state index contributed by atoms with van der Waals surface area (Å²) in [5.74, 6) is 1.06. The minimum atomic E-state index is -0.206. The fourth-order valence-corrected chi connectivity index (χ4v) is 5.96. The van der Waals surface area contributed by atoms with Crippen LogP contribution in [0.3, 0.4) is 0 Å². The number of fused-ring (bicyclic) bond motifs is 3. The van der Waals surface area contributed by atoms with E-state index in [0.29, 0.717) is 17.3 Å². The van der Waals surface area contributed by atoms with Gasteiger partial charge in [-0.05, 0) is 24.8 Å². The molecular weight excluding hydrogens is 452 g/mol. The highest BCUT2D eigenvalue weighted by molar-refractivity contribution is 7.99. The number of benzene rings is 2. The lowest BCUT2D eigenvalue weighted by molar-refractivity contribution is -0.118. The Morgan fingerprint density at radius 1 is 1.06 bits per heavy atom. The van der Waals surface area contributed by atoms with E-state index in [1.165, 1.54) is 22.2 Å². The molecule has 4 aromatic rings. The Kier molecular flexibility index (Phi) is 6.37. The molecule has 1 amide bonds. The number of nitrogens with one attached hydrogen (secondary N) is 2. The molecule has 0 fully saturated rings. The first-order chi connectivity index (χ1) is 16.2. The molecule has 1 aliphatic carbocycles. The van der Waals surface area contributed by atoms with E-state index in [0.717, 1.165) is 40.6 Å². The molecule has 2 N–H and O–H groups in total. The smallest absolute Gasteiger partial charge is 0.259 e. The minimum absolute atomic E-state index is 0.0700. The molecule has 166 valence electrons. The number of hydrogen-bond donors (Lipinski definition) is 2. The Hall–Kier alpha value is -3.23. The van der Waals surface area contributed by atoms with Gasteiger partial charge in [0.05, 0.1) is 22.6 Å². The second kappa shape index (κ2) is 9.72. The summed E-state index contributed by atoms with van der Waals surface area (Å²) >= 11 is 3.02. The van der Waals surface area contributed by atoms with E-state index in [1.54, 1.807) is 11.3 Å². The molecule has 1 aliphatic rings. The Morgan fingerprint density at radius 2 is 1.76 bits per heavy atom. The van der Waals surface area contributed by atoms with Crippen LogP contribution >= 0.6 is 23.1 Å². The predicted octanol–water partition coefficient (Wildman–Crippen LogP) is 4.28. The van der Waals surface area contributed by atoms with Crippen molar-refractivity contribution >= 4 is 44.9 Å². The maximum Gasteiger partial charge on any atom is 0.259 e. The number of thiophene rings is 1. The van der Waals surface area contributed by atoms with E-state index in [4.69, 9.17) is 0 Å². The number of hydrogen-bond acceptors (Lipinski definition) is 6. The third-order valence-corrected chi connectivity index (χ3v) is 7.61. The number of hydrazone groups is 1. The Morgan fingerprint density at radius 3 is 2.45 bits per heavy atom. The van der Waals surface area contributed by atoms with Gasteiger partial charge >= 0.3 is 0 Å². The van der Waals surface area contributed by atoms with Crippen molar-refractivity contribution in [2.24, 2.45) is 5.10 Å². The number of carbonyl (C=O) groups is 1. The number of aromatic amines is 1. The van der Waals surface area contributed by atoms with Crippen LogP contribution in [0.25, 0.3) is 10.2 Å². The molecule has 0 atom stereocenters. The second-order valence-electron chi connectivity index (χ2n) is 7.77. The van der Waals surface area contributed by atoms with Crippen LogP contribution in [0.4, 0.5) is 0 Å². The van der Waals surface area contributed by atoms with Crippen LogP contribution in [0.5, 0.6) is 0 Å². The van der Waals surface area contributed by atoms with Crippen molar-refractivity contribution < 1.29 is 4.79 Å². The van der Waals surface area contributed by atoms with Crippen LogP contribution in [0.15, 0.2) is 70.6 Å². The van der Waals surface area contributed by atoms with Gasteiger partial charge in [-0.15, -0.1) is 23.1 Å². The average Bonchev–Trinajstić information content (AvgIpc) is 3.42. The monoisotopic (exact) mass is 474 g/mol. The zero-order valence-electron chi connectivity index (χ0n) is 17.8. The Labute approximate surface area is 199 Å². The fourth-order valence-electron chi connectivity index (χ4n) is 3.99. The van der Waals surface area contributed by atoms with E-state index in [9.17, 15) is 9.59 Å². The van der Waals surface area contributed by atoms with Gasteiger partial charge in [-0.3, -0.25) is 9.59 Å². The highest BCUT2D eigenvalue weighted by atomic mass is 32.2. The van der Waals surface area contributed by atoms with E-state index >= 15 is 0 Å². The van der Waals surface area contributed by atoms with E-state index in [-0.39, 0.29) is 17.2 Å². The van der Waals surface area contributed by atoms with Crippen molar-refractivity contribution in [2.45, 2.75) is 25.0 Å². The summed E-state index contributed by atoms with van der Waals surface area (Å²) in [5, 5.41) is 5.16. The van der Waals surface area contributed by atoms with Crippen LogP contribution in [-0.2, 0) is 23.4 Å². The van der Waals surface area contributed by atoms with Gasteiger partial charge in [-0.2, -0.15) is 5.10 Å². The SMILES string of the molecule is O=C(CSCc1nc2sc3c(c2c(=O)[nH]1)CCC3)NN=C(c1ccccc1)c1ccccc1. The minimum Gasteiger partial charge on any atom is -0.309 e. The number of aromatic nitrogens is 2. The van der Waals surface area contributed by atoms with E-state index < -0.39 is 0 Å². The van der Waals surface area contributed by atoms with Gasteiger partial charge in [0.25, 0.3) is 5.56 Å². The first-order valence-corrected chi connectivity index (χ1v) is 12.7. The summed E-state index contributed by atoms with van der Waals surface area (Å²) in [6, 6.07) is 19.5. The highest BCUT2D eigenvalue weighted by Gasteiger charge is 2.21. The number of thioether (sulfide) groups is 1. The summed E-state index contributed by atoms with van der Waals surface area (Å²) in [4.78, 5) is 34.6. The van der Waals surface area contributed by atoms with Gasteiger partial charge in [0, 0.05) is 16.0 Å². The van der Waals surface area contributed by atoms with Gasteiger partial charge in [0.15, 0.2) is 0 Å². The first-order valence-electron chi connectivity index (χ1n) is 10.8. The van der Waals surface area contributed by atoms with Crippen LogP contribution in [0, 0.1) is 0 Å². The highest BCUT2D eigenvalue weighted by Crippen LogP contribution is 2.34. The molecule has 0 aliphatic heterocycles. The Balaban J connectivity index is 1.24. The maximum absolute atomic E-state index is 12.6. The topological polar surface area (TPSA) is 87.2 Å². The molecule has 0 spiro atoms. The lowest BCUT2D eigenvalue weighted by atomic mass is 10.0. The molecule has 2 aromatic carbocycles. The predicted molar refractivity (Wildman–Crippen MR) is 135 cm³/mol. The van der Waals surface area contributed by atoms with Crippen molar-refractivity contribution in [3.63, 3.8) is 0 Å². The lowest BCUT2D eigenvalue weighted by Gasteiger charge is -2.08. The van der Waals surface area contributed by atoms with Gasteiger partial charge in [-0.1, -0.05) is 60.7 Å². The van der Waals surface area contributed by atoms with E-state index in [2.05, 4.69) is 20.5 Å². The average molecular weight is 475 g/mol.